The normalized spacial score (nSPS) is 11.2. The van der Waals surface area contributed by atoms with Gasteiger partial charge in [-0.3, -0.25) is 4.79 Å². The van der Waals surface area contributed by atoms with Gasteiger partial charge in [-0.25, -0.2) is 0 Å². The summed E-state index contributed by atoms with van der Waals surface area (Å²) in [7, 11) is 0. The Morgan fingerprint density at radius 1 is 0.939 bits per heavy atom. The van der Waals surface area contributed by atoms with Crippen molar-refractivity contribution in [2.45, 2.75) is 19.0 Å². The van der Waals surface area contributed by atoms with Crippen molar-refractivity contribution in [1.82, 2.24) is 10.1 Å². The molecule has 0 aliphatic rings. The summed E-state index contributed by atoms with van der Waals surface area (Å²) in [4.78, 5) is 16.3. The van der Waals surface area contributed by atoms with Crippen molar-refractivity contribution in [3.63, 3.8) is 0 Å². The summed E-state index contributed by atoms with van der Waals surface area (Å²) in [5.74, 6) is 1.26. The van der Waals surface area contributed by atoms with Crippen LogP contribution in [0.15, 0.2) is 83.4 Å². The highest BCUT2D eigenvalue weighted by Crippen LogP contribution is 2.31. The van der Waals surface area contributed by atoms with Crippen molar-refractivity contribution in [3.8, 4) is 22.9 Å². The van der Waals surface area contributed by atoms with Crippen LogP contribution in [0, 0.1) is 0 Å². The summed E-state index contributed by atoms with van der Waals surface area (Å²) in [6.07, 6.45) is -4.26. The number of nitrogens with one attached hydrogen (secondary N) is 1. The Kier molecular flexibility index (Phi) is 6.39. The number of rotatable bonds is 7. The Bertz CT molecular complexity index is 1220. The van der Waals surface area contributed by atoms with Crippen molar-refractivity contribution in [1.29, 1.82) is 0 Å². The zero-order chi connectivity index (χ0) is 23.3. The summed E-state index contributed by atoms with van der Waals surface area (Å²) in [5.41, 5.74) is -0.0244. The van der Waals surface area contributed by atoms with Crippen LogP contribution < -0.4 is 10.1 Å². The van der Waals surface area contributed by atoms with E-state index < -0.39 is 11.7 Å². The second kappa shape index (κ2) is 9.56. The zero-order valence-corrected chi connectivity index (χ0v) is 17.2. The highest BCUT2D eigenvalue weighted by Gasteiger charge is 2.30. The molecule has 0 atom stereocenters. The molecule has 168 valence electrons. The Labute approximate surface area is 187 Å². The second-order valence-corrected chi connectivity index (χ2v) is 7.08. The molecule has 0 radical (unpaired) electrons. The lowest BCUT2D eigenvalue weighted by molar-refractivity contribution is -0.137. The molecular weight excluding hydrogens is 435 g/mol. The maximum absolute atomic E-state index is 12.9. The number of halogens is 3. The van der Waals surface area contributed by atoms with E-state index >= 15 is 0 Å². The van der Waals surface area contributed by atoms with E-state index in [1.165, 1.54) is 12.1 Å². The molecule has 0 saturated heterocycles. The number of benzene rings is 3. The number of para-hydroxylation sites is 1. The number of carbonyl (C=O) groups is 1. The Hall–Kier alpha value is -4.14. The minimum absolute atomic E-state index is 0.0329. The Morgan fingerprint density at radius 2 is 1.67 bits per heavy atom. The third kappa shape index (κ3) is 5.97. The van der Waals surface area contributed by atoms with Crippen molar-refractivity contribution < 1.29 is 27.2 Å². The minimum Gasteiger partial charge on any atom is -0.457 e. The predicted octanol–water partition coefficient (Wildman–Crippen LogP) is 6.12. The van der Waals surface area contributed by atoms with E-state index in [-0.39, 0.29) is 36.0 Å². The molecule has 0 fully saturated rings. The molecule has 4 aromatic rings. The van der Waals surface area contributed by atoms with E-state index in [4.69, 9.17) is 9.26 Å². The van der Waals surface area contributed by atoms with E-state index in [2.05, 4.69) is 15.5 Å². The molecule has 6 nitrogen and oxygen atoms in total. The SMILES string of the molecule is O=C(CCc1nc(-c2cccc(C(F)(F)F)c2)no1)Nc1ccc(Oc2ccccc2)cc1. The fourth-order valence-corrected chi connectivity index (χ4v) is 2.98. The van der Waals surface area contributed by atoms with E-state index in [9.17, 15) is 18.0 Å². The van der Waals surface area contributed by atoms with Gasteiger partial charge in [-0.15, -0.1) is 0 Å². The van der Waals surface area contributed by atoms with E-state index in [0.29, 0.717) is 17.2 Å². The smallest absolute Gasteiger partial charge is 0.416 e. The molecule has 0 aliphatic heterocycles. The van der Waals surface area contributed by atoms with Gasteiger partial charge in [0.15, 0.2) is 0 Å². The third-order valence-electron chi connectivity index (χ3n) is 4.60. The lowest BCUT2D eigenvalue weighted by Gasteiger charge is -2.07. The quantitative estimate of drug-likeness (QED) is 0.365. The molecule has 1 N–H and O–H groups in total. The van der Waals surface area contributed by atoms with Crippen LogP contribution >= 0.6 is 0 Å². The van der Waals surface area contributed by atoms with Crippen LogP contribution in [-0.4, -0.2) is 16.0 Å². The van der Waals surface area contributed by atoms with Crippen LogP contribution in [0.5, 0.6) is 11.5 Å². The van der Waals surface area contributed by atoms with Crippen molar-refractivity contribution in [2.24, 2.45) is 0 Å². The first-order chi connectivity index (χ1) is 15.9. The van der Waals surface area contributed by atoms with Gasteiger partial charge in [-0.2, -0.15) is 18.2 Å². The summed E-state index contributed by atoms with van der Waals surface area (Å²) in [5, 5.41) is 6.47. The second-order valence-electron chi connectivity index (χ2n) is 7.08. The number of amides is 1. The van der Waals surface area contributed by atoms with Crippen molar-refractivity contribution in [3.05, 3.63) is 90.3 Å². The van der Waals surface area contributed by atoms with E-state index in [1.54, 1.807) is 24.3 Å². The monoisotopic (exact) mass is 453 g/mol. The van der Waals surface area contributed by atoms with E-state index in [1.807, 2.05) is 30.3 Å². The van der Waals surface area contributed by atoms with Gasteiger partial charge in [-0.1, -0.05) is 35.5 Å². The first-order valence-electron chi connectivity index (χ1n) is 10.00. The van der Waals surface area contributed by atoms with Crippen LogP contribution in [0.4, 0.5) is 18.9 Å². The molecule has 0 bridgehead atoms. The summed E-state index contributed by atoms with van der Waals surface area (Å²) >= 11 is 0. The van der Waals surface area contributed by atoms with Gasteiger partial charge in [0, 0.05) is 24.1 Å². The van der Waals surface area contributed by atoms with Gasteiger partial charge in [-0.05, 0) is 48.5 Å². The topological polar surface area (TPSA) is 77.2 Å². The van der Waals surface area contributed by atoms with Crippen LogP contribution in [0.2, 0.25) is 0 Å². The van der Waals surface area contributed by atoms with Gasteiger partial charge in [0.2, 0.25) is 17.6 Å². The summed E-state index contributed by atoms with van der Waals surface area (Å²) < 4.78 is 49.4. The summed E-state index contributed by atoms with van der Waals surface area (Å²) in [6, 6.07) is 20.9. The maximum atomic E-state index is 12.9. The molecule has 9 heteroatoms. The zero-order valence-electron chi connectivity index (χ0n) is 17.2. The first kappa shape index (κ1) is 22.1. The fraction of sp³-hybridized carbons (Fsp3) is 0.125. The number of hydrogen-bond donors (Lipinski definition) is 1. The average molecular weight is 453 g/mol. The number of hydrogen-bond acceptors (Lipinski definition) is 5. The van der Waals surface area contributed by atoms with E-state index in [0.717, 1.165) is 12.1 Å². The van der Waals surface area contributed by atoms with Gasteiger partial charge in [0.05, 0.1) is 5.56 Å². The molecule has 1 heterocycles. The molecule has 33 heavy (non-hydrogen) atoms. The molecule has 0 aliphatic carbocycles. The maximum Gasteiger partial charge on any atom is 0.416 e. The number of ether oxygens (including phenoxy) is 1. The van der Waals surface area contributed by atoms with Crippen molar-refractivity contribution in [2.75, 3.05) is 5.32 Å². The molecule has 1 aromatic heterocycles. The number of aryl methyl sites for hydroxylation is 1. The number of aromatic nitrogens is 2. The van der Waals surface area contributed by atoms with Crippen molar-refractivity contribution >= 4 is 11.6 Å². The Balaban J connectivity index is 1.30. The Morgan fingerprint density at radius 3 is 2.39 bits per heavy atom. The number of nitrogens with zero attached hydrogens (tertiary/aromatic N) is 2. The van der Waals surface area contributed by atoms with Gasteiger partial charge in [0.1, 0.15) is 11.5 Å². The van der Waals surface area contributed by atoms with Crippen LogP contribution in [0.1, 0.15) is 17.9 Å². The molecule has 1 amide bonds. The minimum atomic E-state index is -4.47. The first-order valence-corrected chi connectivity index (χ1v) is 10.00. The lowest BCUT2D eigenvalue weighted by Crippen LogP contribution is -2.12. The van der Waals surface area contributed by atoms with Gasteiger partial charge < -0.3 is 14.6 Å². The van der Waals surface area contributed by atoms with Crippen LogP contribution in [0.25, 0.3) is 11.4 Å². The standard InChI is InChI=1S/C24H18F3N3O3/c25-24(26,27)17-6-4-5-16(15-17)23-29-22(33-30-23)14-13-21(31)28-18-9-11-20(12-10-18)32-19-7-2-1-3-8-19/h1-12,15H,13-14H2,(H,28,31). The molecule has 0 spiro atoms. The van der Waals surface area contributed by atoms with Crippen LogP contribution in [-0.2, 0) is 17.4 Å². The molecule has 3 aromatic carbocycles. The lowest BCUT2D eigenvalue weighted by atomic mass is 10.1. The molecule has 0 saturated carbocycles. The predicted molar refractivity (Wildman–Crippen MR) is 115 cm³/mol. The molecule has 4 rings (SSSR count). The van der Waals surface area contributed by atoms with Gasteiger partial charge in [0.25, 0.3) is 0 Å². The highest BCUT2D eigenvalue weighted by atomic mass is 19.4. The average Bonchev–Trinajstić information content (AvgIpc) is 3.29. The molecule has 0 unspecified atom stereocenters. The van der Waals surface area contributed by atoms with Gasteiger partial charge >= 0.3 is 6.18 Å². The molecular formula is C24H18F3N3O3. The largest absolute Gasteiger partial charge is 0.457 e. The number of anilines is 1. The van der Waals surface area contributed by atoms with Crippen LogP contribution in [0.3, 0.4) is 0 Å². The number of alkyl halides is 3. The fourth-order valence-electron chi connectivity index (χ4n) is 2.98. The highest BCUT2D eigenvalue weighted by molar-refractivity contribution is 5.90. The third-order valence-corrected chi connectivity index (χ3v) is 4.60. The summed E-state index contributed by atoms with van der Waals surface area (Å²) in [6.45, 7) is 0. The number of carbonyl (C=O) groups excluding carboxylic acids is 1.